The molecule has 4 nitrogen and oxygen atoms in total. The predicted molar refractivity (Wildman–Crippen MR) is 162 cm³/mol. The van der Waals surface area contributed by atoms with Crippen molar-refractivity contribution in [3.05, 3.63) is 0 Å². The monoisotopic (exact) mass is 546 g/mol. The van der Waals surface area contributed by atoms with Gasteiger partial charge >= 0.3 is 7.82 Å². The van der Waals surface area contributed by atoms with Crippen LogP contribution in [0, 0.1) is 23.7 Å². The molecular formula is C32H67O4P. The molecule has 0 N–H and O–H groups in total. The number of phosphoric ester groups is 1. The molecule has 37 heavy (non-hydrogen) atoms. The summed E-state index contributed by atoms with van der Waals surface area (Å²) in [6.45, 7) is 17.3. The van der Waals surface area contributed by atoms with Gasteiger partial charge in [-0.3, -0.25) is 13.6 Å². The molecule has 0 aliphatic heterocycles. The van der Waals surface area contributed by atoms with Gasteiger partial charge in [-0.2, -0.15) is 0 Å². The van der Waals surface area contributed by atoms with Crippen molar-refractivity contribution in [1.29, 1.82) is 0 Å². The van der Waals surface area contributed by atoms with Crippen molar-refractivity contribution >= 4 is 7.82 Å². The maximum Gasteiger partial charge on any atom is 0.474 e. The molecule has 0 aliphatic carbocycles. The van der Waals surface area contributed by atoms with Crippen LogP contribution in [-0.2, 0) is 18.1 Å². The molecule has 0 bridgehead atoms. The molecule has 0 saturated carbocycles. The zero-order valence-corrected chi connectivity index (χ0v) is 27.1. The van der Waals surface area contributed by atoms with E-state index in [0.717, 1.165) is 37.5 Å². The summed E-state index contributed by atoms with van der Waals surface area (Å²) in [5.41, 5.74) is 0. The van der Waals surface area contributed by atoms with E-state index in [1.165, 1.54) is 89.9 Å². The van der Waals surface area contributed by atoms with Crippen molar-refractivity contribution in [2.24, 2.45) is 23.7 Å². The van der Waals surface area contributed by atoms with E-state index in [9.17, 15) is 4.57 Å². The maximum atomic E-state index is 13.4. The van der Waals surface area contributed by atoms with Gasteiger partial charge in [0.25, 0.3) is 0 Å². The summed E-state index contributed by atoms with van der Waals surface area (Å²) in [7, 11) is -3.49. The average molecular weight is 547 g/mol. The van der Waals surface area contributed by atoms with Gasteiger partial charge in [-0.15, -0.1) is 0 Å². The van der Waals surface area contributed by atoms with Gasteiger partial charge in [-0.1, -0.05) is 145 Å². The van der Waals surface area contributed by atoms with Crippen LogP contribution in [0.4, 0.5) is 0 Å². The van der Waals surface area contributed by atoms with E-state index < -0.39 is 7.82 Å². The van der Waals surface area contributed by atoms with Crippen molar-refractivity contribution in [2.45, 2.75) is 164 Å². The molecule has 0 saturated heterocycles. The van der Waals surface area contributed by atoms with Crippen LogP contribution in [0.5, 0.6) is 0 Å². The van der Waals surface area contributed by atoms with Crippen LogP contribution in [0.3, 0.4) is 0 Å². The quantitative estimate of drug-likeness (QED) is 0.0723. The molecule has 0 rings (SSSR count). The predicted octanol–water partition coefficient (Wildman–Crippen LogP) is 11.8. The van der Waals surface area contributed by atoms with Gasteiger partial charge in [0.05, 0.1) is 19.8 Å². The Kier molecular flexibility index (Phi) is 25.2. The fourth-order valence-corrected chi connectivity index (χ4v) is 5.88. The van der Waals surface area contributed by atoms with Crippen LogP contribution in [0.25, 0.3) is 0 Å². The summed E-state index contributed by atoms with van der Waals surface area (Å²) < 4.78 is 30.8. The van der Waals surface area contributed by atoms with Crippen molar-refractivity contribution in [3.8, 4) is 0 Å². The first-order valence-electron chi connectivity index (χ1n) is 16.2. The molecule has 0 aliphatic rings. The van der Waals surface area contributed by atoms with Crippen molar-refractivity contribution in [1.82, 2.24) is 0 Å². The zero-order valence-electron chi connectivity index (χ0n) is 26.2. The van der Waals surface area contributed by atoms with Gasteiger partial charge in [0, 0.05) is 0 Å². The van der Waals surface area contributed by atoms with E-state index in [2.05, 4.69) is 48.5 Å². The minimum atomic E-state index is -3.49. The van der Waals surface area contributed by atoms with Crippen LogP contribution >= 0.6 is 7.82 Å². The van der Waals surface area contributed by atoms with E-state index in [1.54, 1.807) is 0 Å². The van der Waals surface area contributed by atoms with Gasteiger partial charge in [-0.25, -0.2) is 4.57 Å². The first-order chi connectivity index (χ1) is 17.7. The van der Waals surface area contributed by atoms with Crippen LogP contribution in [0.15, 0.2) is 0 Å². The number of unbranched alkanes of at least 4 members (excludes halogenated alkanes) is 9. The normalized spacial score (nSPS) is 15.4. The average Bonchev–Trinajstić information content (AvgIpc) is 2.82. The highest BCUT2D eigenvalue weighted by Gasteiger charge is 2.27. The lowest BCUT2D eigenvalue weighted by molar-refractivity contribution is 0.102. The van der Waals surface area contributed by atoms with Crippen molar-refractivity contribution in [3.63, 3.8) is 0 Å². The largest absolute Gasteiger partial charge is 0.474 e. The molecule has 2 atom stereocenters. The lowest BCUT2D eigenvalue weighted by atomic mass is 9.98. The Hall–Kier alpha value is 0.110. The summed E-state index contributed by atoms with van der Waals surface area (Å²) >= 11 is 0. The molecule has 0 aromatic heterocycles. The lowest BCUT2D eigenvalue weighted by Gasteiger charge is -2.20. The standard InChI is InChI=1S/C32H67O4P/c1-8-9-10-11-12-13-14-15-16-17-26-34-37(33,35-27-24-31(6)22-18-20-29(2)3)36-28-25-32(7)23-19-21-30(4)5/h29-32H,8-28H2,1-7H3. The fourth-order valence-electron chi connectivity index (χ4n) is 4.65. The van der Waals surface area contributed by atoms with E-state index in [0.29, 0.717) is 31.7 Å². The number of phosphoric acid groups is 1. The molecule has 0 spiro atoms. The number of hydrogen-bond acceptors (Lipinski definition) is 4. The van der Waals surface area contributed by atoms with E-state index in [1.807, 2.05) is 0 Å². The Balaban J connectivity index is 4.33. The number of hydrogen-bond donors (Lipinski definition) is 0. The van der Waals surface area contributed by atoms with Crippen molar-refractivity contribution < 1.29 is 18.1 Å². The Morgan fingerprint density at radius 1 is 0.459 bits per heavy atom. The first kappa shape index (κ1) is 37.1. The second-order valence-electron chi connectivity index (χ2n) is 12.6. The molecule has 0 aromatic carbocycles. The summed E-state index contributed by atoms with van der Waals surface area (Å²) in [6, 6.07) is 0. The third-order valence-corrected chi connectivity index (χ3v) is 8.92. The highest BCUT2D eigenvalue weighted by atomic mass is 31.2. The summed E-state index contributed by atoms with van der Waals surface area (Å²) in [6.07, 6.45) is 21.9. The zero-order chi connectivity index (χ0) is 27.8. The Morgan fingerprint density at radius 2 is 0.838 bits per heavy atom. The molecule has 0 radical (unpaired) electrons. The summed E-state index contributed by atoms with van der Waals surface area (Å²) in [4.78, 5) is 0. The first-order valence-corrected chi connectivity index (χ1v) is 17.7. The van der Waals surface area contributed by atoms with E-state index in [-0.39, 0.29) is 0 Å². The van der Waals surface area contributed by atoms with Crippen LogP contribution < -0.4 is 0 Å². The van der Waals surface area contributed by atoms with Crippen LogP contribution in [-0.4, -0.2) is 19.8 Å². The Morgan fingerprint density at radius 3 is 1.24 bits per heavy atom. The molecule has 0 heterocycles. The Bertz CT molecular complexity index is 493. The molecule has 2 unspecified atom stereocenters. The molecule has 224 valence electrons. The third-order valence-electron chi connectivity index (χ3n) is 7.42. The topological polar surface area (TPSA) is 44.8 Å². The van der Waals surface area contributed by atoms with Gasteiger partial charge in [0.1, 0.15) is 0 Å². The molecular weight excluding hydrogens is 479 g/mol. The fraction of sp³-hybridized carbons (Fsp3) is 1.00. The molecule has 5 heteroatoms. The highest BCUT2D eigenvalue weighted by molar-refractivity contribution is 7.48. The van der Waals surface area contributed by atoms with Gasteiger partial charge in [0.15, 0.2) is 0 Å². The molecule has 0 aromatic rings. The second-order valence-corrected chi connectivity index (χ2v) is 14.2. The second kappa shape index (κ2) is 25.1. The molecule has 0 fully saturated rings. The molecule has 0 amide bonds. The summed E-state index contributed by atoms with van der Waals surface area (Å²) in [5.74, 6) is 2.64. The van der Waals surface area contributed by atoms with E-state index in [4.69, 9.17) is 13.6 Å². The van der Waals surface area contributed by atoms with Crippen LogP contribution in [0.1, 0.15) is 164 Å². The highest BCUT2D eigenvalue weighted by Crippen LogP contribution is 2.50. The van der Waals surface area contributed by atoms with E-state index >= 15 is 0 Å². The summed E-state index contributed by atoms with van der Waals surface area (Å²) in [5, 5.41) is 0. The third kappa shape index (κ3) is 26.1. The maximum absolute atomic E-state index is 13.4. The minimum Gasteiger partial charge on any atom is -0.287 e. The van der Waals surface area contributed by atoms with Gasteiger partial charge in [-0.05, 0) is 42.9 Å². The van der Waals surface area contributed by atoms with Gasteiger partial charge in [0.2, 0.25) is 0 Å². The number of rotatable bonds is 28. The Labute approximate surface area is 233 Å². The lowest BCUT2D eigenvalue weighted by Crippen LogP contribution is -2.08. The smallest absolute Gasteiger partial charge is 0.287 e. The minimum absolute atomic E-state index is 0.447. The van der Waals surface area contributed by atoms with Gasteiger partial charge < -0.3 is 0 Å². The van der Waals surface area contributed by atoms with Crippen molar-refractivity contribution in [2.75, 3.05) is 19.8 Å². The van der Waals surface area contributed by atoms with Crippen LogP contribution in [0.2, 0.25) is 0 Å². The SMILES string of the molecule is CCCCCCCCCCCCOP(=O)(OCCC(C)CCCC(C)C)OCCC(C)CCCC(C)C.